The molecule has 0 radical (unpaired) electrons. The minimum Gasteiger partial charge on any atom is -0.496 e. The first-order valence-electron chi connectivity index (χ1n) is 7.53. The molecule has 0 heterocycles. The number of methoxy groups -OCH3 is 1. The first-order valence-corrected chi connectivity index (χ1v) is 9.03. The molecule has 0 saturated heterocycles. The van der Waals surface area contributed by atoms with Crippen LogP contribution in [0, 0.1) is 11.8 Å². The zero-order chi connectivity index (χ0) is 14.5. The van der Waals surface area contributed by atoms with Crippen molar-refractivity contribution in [1.29, 1.82) is 0 Å². The van der Waals surface area contributed by atoms with Gasteiger partial charge in [0, 0.05) is 6.42 Å². The molecule has 2 rings (SSSR count). The molecule has 1 aliphatic carbocycles. The molecule has 0 aromatic heterocycles. The molecule has 1 aromatic rings. The van der Waals surface area contributed by atoms with Gasteiger partial charge in [0.1, 0.15) is 5.75 Å². The fourth-order valence-electron chi connectivity index (χ4n) is 3.31. The van der Waals surface area contributed by atoms with Crippen LogP contribution in [-0.4, -0.2) is 19.6 Å². The zero-order valence-electron chi connectivity index (χ0n) is 12.7. The first kappa shape index (κ1) is 15.5. The number of ketones is 1. The van der Waals surface area contributed by atoms with Gasteiger partial charge in [-0.25, -0.2) is 0 Å². The third-order valence-electron chi connectivity index (χ3n) is 4.31. The third kappa shape index (κ3) is 3.61. The molecular weight excluding hydrogens is 267 g/mol. The van der Waals surface area contributed by atoms with Crippen LogP contribution < -0.4 is 10.0 Å². The molecule has 3 atom stereocenters. The predicted molar refractivity (Wildman–Crippen MR) is 86.9 cm³/mol. The Morgan fingerprint density at radius 3 is 2.85 bits per heavy atom. The van der Waals surface area contributed by atoms with Gasteiger partial charge in [-0.2, -0.15) is 0 Å². The Kier molecular flexibility index (Phi) is 5.60. The maximum absolute atomic E-state index is 12.7. The number of benzene rings is 1. The summed E-state index contributed by atoms with van der Waals surface area (Å²) in [5.74, 6) is 2.34. The highest BCUT2D eigenvalue weighted by atomic mass is 31.1. The van der Waals surface area contributed by atoms with Crippen molar-refractivity contribution in [3.63, 3.8) is 0 Å². The van der Waals surface area contributed by atoms with E-state index in [9.17, 15) is 4.79 Å². The molecule has 110 valence electrons. The van der Waals surface area contributed by atoms with Crippen LogP contribution in [0.15, 0.2) is 18.2 Å². The predicted octanol–water partition coefficient (Wildman–Crippen LogP) is 4.03. The zero-order valence-corrected chi connectivity index (χ0v) is 13.7. The standard InChI is InChI=1S/C17H25O2P/c1-12-6-4-7-13(10-12)11-14(18)17-15(19-2)8-5-9-16(17)20-3/h5,8-9,12-13,20H,4,6-7,10-11H2,1-3H3. The minimum absolute atomic E-state index is 0.269. The van der Waals surface area contributed by atoms with Crippen LogP contribution in [0.1, 0.15) is 49.4 Å². The Bertz CT molecular complexity index is 448. The lowest BCUT2D eigenvalue weighted by atomic mass is 9.79. The van der Waals surface area contributed by atoms with Crippen molar-refractivity contribution in [2.45, 2.75) is 39.0 Å². The lowest BCUT2D eigenvalue weighted by Gasteiger charge is -2.26. The molecule has 0 bridgehead atoms. The van der Waals surface area contributed by atoms with E-state index in [0.29, 0.717) is 20.9 Å². The maximum Gasteiger partial charge on any atom is 0.167 e. The Balaban J connectivity index is 2.16. The van der Waals surface area contributed by atoms with Gasteiger partial charge >= 0.3 is 0 Å². The van der Waals surface area contributed by atoms with Crippen molar-refractivity contribution < 1.29 is 9.53 Å². The molecule has 0 amide bonds. The lowest BCUT2D eigenvalue weighted by Crippen LogP contribution is -2.20. The summed E-state index contributed by atoms with van der Waals surface area (Å²) in [5, 5.41) is 1.14. The van der Waals surface area contributed by atoms with Crippen LogP contribution in [0.3, 0.4) is 0 Å². The van der Waals surface area contributed by atoms with E-state index in [0.717, 1.165) is 22.5 Å². The number of hydrogen-bond acceptors (Lipinski definition) is 2. The highest BCUT2D eigenvalue weighted by Crippen LogP contribution is 2.32. The molecule has 1 fully saturated rings. The van der Waals surface area contributed by atoms with E-state index < -0.39 is 0 Å². The highest BCUT2D eigenvalue weighted by Gasteiger charge is 2.24. The molecule has 20 heavy (non-hydrogen) atoms. The van der Waals surface area contributed by atoms with Crippen LogP contribution >= 0.6 is 8.58 Å². The molecular formula is C17H25O2P. The molecule has 3 heteroatoms. The monoisotopic (exact) mass is 292 g/mol. The van der Waals surface area contributed by atoms with Crippen LogP contribution in [0.25, 0.3) is 0 Å². The van der Waals surface area contributed by atoms with E-state index in [2.05, 4.69) is 19.7 Å². The van der Waals surface area contributed by atoms with Crippen molar-refractivity contribution in [1.82, 2.24) is 0 Å². The fraction of sp³-hybridized carbons (Fsp3) is 0.588. The first-order chi connectivity index (χ1) is 9.65. The second-order valence-corrected chi connectivity index (χ2v) is 6.94. The summed E-state index contributed by atoms with van der Waals surface area (Å²) < 4.78 is 5.40. The van der Waals surface area contributed by atoms with Crippen molar-refractivity contribution in [2.24, 2.45) is 11.8 Å². The van der Waals surface area contributed by atoms with Crippen molar-refractivity contribution in [2.75, 3.05) is 13.8 Å². The summed E-state index contributed by atoms with van der Waals surface area (Å²) in [7, 11) is 2.28. The van der Waals surface area contributed by atoms with E-state index in [1.807, 2.05) is 12.1 Å². The number of ether oxygens (including phenoxy) is 1. The van der Waals surface area contributed by atoms with Gasteiger partial charge in [-0.05, 0) is 42.7 Å². The summed E-state index contributed by atoms with van der Waals surface area (Å²) in [6.45, 7) is 4.42. The largest absolute Gasteiger partial charge is 0.496 e. The van der Waals surface area contributed by atoms with Crippen LogP contribution in [-0.2, 0) is 0 Å². The molecule has 1 aromatic carbocycles. The molecule has 1 aliphatic rings. The van der Waals surface area contributed by atoms with Crippen molar-refractivity contribution >= 4 is 19.7 Å². The van der Waals surface area contributed by atoms with Crippen LogP contribution in [0.2, 0.25) is 0 Å². The highest BCUT2D eigenvalue weighted by molar-refractivity contribution is 7.46. The summed E-state index contributed by atoms with van der Waals surface area (Å²) in [4.78, 5) is 12.7. The second kappa shape index (κ2) is 7.22. The van der Waals surface area contributed by atoms with Crippen LogP contribution in [0.5, 0.6) is 5.75 Å². The minimum atomic E-state index is 0.269. The summed E-state index contributed by atoms with van der Waals surface area (Å²) in [5.41, 5.74) is 0.828. The molecule has 0 N–H and O–H groups in total. The molecule has 2 nitrogen and oxygen atoms in total. The Hall–Kier alpha value is -0.880. The van der Waals surface area contributed by atoms with Gasteiger partial charge in [-0.15, -0.1) is 0 Å². The van der Waals surface area contributed by atoms with E-state index in [1.54, 1.807) is 7.11 Å². The van der Waals surface area contributed by atoms with Crippen LogP contribution in [0.4, 0.5) is 0 Å². The van der Waals surface area contributed by atoms with E-state index in [4.69, 9.17) is 4.74 Å². The average molecular weight is 292 g/mol. The number of hydrogen-bond donors (Lipinski definition) is 0. The van der Waals surface area contributed by atoms with Crippen molar-refractivity contribution in [3.8, 4) is 5.75 Å². The quantitative estimate of drug-likeness (QED) is 0.605. The Labute approximate surface area is 124 Å². The maximum atomic E-state index is 12.7. The summed E-state index contributed by atoms with van der Waals surface area (Å²) >= 11 is 0. The van der Waals surface area contributed by atoms with Gasteiger partial charge in [0.15, 0.2) is 5.78 Å². The number of carbonyl (C=O) groups excluding carboxylic acids is 1. The topological polar surface area (TPSA) is 26.3 Å². The van der Waals surface area contributed by atoms with Gasteiger partial charge in [-0.3, -0.25) is 4.79 Å². The van der Waals surface area contributed by atoms with E-state index in [-0.39, 0.29) is 5.78 Å². The number of Topliss-reactive ketones (excluding diaryl/α,β-unsaturated/α-hetero) is 1. The second-order valence-electron chi connectivity index (χ2n) is 5.90. The lowest BCUT2D eigenvalue weighted by molar-refractivity contribution is 0.0940. The summed E-state index contributed by atoms with van der Waals surface area (Å²) in [6, 6.07) is 5.93. The van der Waals surface area contributed by atoms with Gasteiger partial charge in [-0.1, -0.05) is 40.5 Å². The number of rotatable bonds is 5. The molecule has 0 spiro atoms. The third-order valence-corrected chi connectivity index (χ3v) is 5.27. The Morgan fingerprint density at radius 1 is 1.40 bits per heavy atom. The van der Waals surface area contributed by atoms with Gasteiger partial charge < -0.3 is 4.74 Å². The van der Waals surface area contributed by atoms with Gasteiger partial charge in [0.2, 0.25) is 0 Å². The average Bonchev–Trinajstić information content (AvgIpc) is 2.46. The number of carbonyl (C=O) groups is 1. The summed E-state index contributed by atoms with van der Waals surface area (Å²) in [6.07, 6.45) is 5.68. The van der Waals surface area contributed by atoms with E-state index >= 15 is 0 Å². The SMILES string of the molecule is COc1cccc(PC)c1C(=O)CC1CCCC(C)C1. The van der Waals surface area contributed by atoms with Gasteiger partial charge in [0.25, 0.3) is 0 Å². The smallest absolute Gasteiger partial charge is 0.167 e. The van der Waals surface area contributed by atoms with E-state index in [1.165, 1.54) is 25.7 Å². The van der Waals surface area contributed by atoms with Crippen molar-refractivity contribution in [3.05, 3.63) is 23.8 Å². The fourth-order valence-corrected chi connectivity index (χ4v) is 4.08. The normalized spacial score (nSPS) is 23.1. The Morgan fingerprint density at radius 2 is 2.20 bits per heavy atom. The molecule has 0 aliphatic heterocycles. The molecule has 3 unspecified atom stereocenters. The van der Waals surface area contributed by atoms with Gasteiger partial charge in [0.05, 0.1) is 12.7 Å². The molecule has 1 saturated carbocycles.